The number of furan rings is 2. The molecule has 0 aliphatic heterocycles. The number of hydrogen-bond donors (Lipinski definition) is 0. The average molecular weight is 791 g/mol. The van der Waals surface area contributed by atoms with E-state index in [4.69, 9.17) is 8.83 Å². The first-order valence-electron chi connectivity index (χ1n) is 21.3. The van der Waals surface area contributed by atoms with Crippen LogP contribution in [0, 0.1) is 27.7 Å². The van der Waals surface area contributed by atoms with Gasteiger partial charge < -0.3 is 18.6 Å². The van der Waals surface area contributed by atoms with E-state index in [1.807, 2.05) is 0 Å². The number of hydrogen-bond acceptors (Lipinski definition) is 4. The van der Waals surface area contributed by atoms with Crippen molar-refractivity contribution in [3.05, 3.63) is 192 Å². The lowest BCUT2D eigenvalue weighted by atomic mass is 9.95. The van der Waals surface area contributed by atoms with Gasteiger partial charge in [-0.25, -0.2) is 0 Å². The first kappa shape index (κ1) is 36.8. The van der Waals surface area contributed by atoms with Gasteiger partial charge in [0.15, 0.2) is 0 Å². The predicted octanol–water partition coefficient (Wildman–Crippen LogP) is 17.1. The Bertz CT molecular complexity index is 3240. The maximum absolute atomic E-state index is 6.91. The normalized spacial score (nSPS) is 11.9. The summed E-state index contributed by atoms with van der Waals surface area (Å²) in [6.07, 6.45) is 0. The number of nitrogens with zero attached hydrogens (tertiary/aromatic N) is 2. The van der Waals surface area contributed by atoms with Crippen LogP contribution < -0.4 is 9.80 Å². The van der Waals surface area contributed by atoms with Crippen LogP contribution in [0.3, 0.4) is 0 Å². The van der Waals surface area contributed by atoms with Crippen LogP contribution in [-0.2, 0) is 0 Å². The Kier molecular flexibility index (Phi) is 8.54. The highest BCUT2D eigenvalue weighted by atomic mass is 16.3. The lowest BCUT2D eigenvalue weighted by Crippen LogP contribution is -2.12. The summed E-state index contributed by atoms with van der Waals surface area (Å²) >= 11 is 0. The number of para-hydroxylation sites is 4. The number of anilines is 6. The molecule has 0 bridgehead atoms. The Labute approximate surface area is 355 Å². The number of aryl methyl sites for hydroxylation is 4. The van der Waals surface area contributed by atoms with E-state index in [2.05, 4.69) is 215 Å². The second-order valence-corrected chi connectivity index (χ2v) is 17.0. The van der Waals surface area contributed by atoms with Gasteiger partial charge >= 0.3 is 0 Å². The molecule has 0 saturated heterocycles. The molecule has 2 aromatic heterocycles. The molecule has 0 amide bonds. The minimum atomic E-state index is 0.169. The van der Waals surface area contributed by atoms with Gasteiger partial charge in [0, 0.05) is 49.9 Å². The average Bonchev–Trinajstić information content (AvgIpc) is 3.80. The van der Waals surface area contributed by atoms with Crippen molar-refractivity contribution in [2.75, 3.05) is 9.80 Å². The highest BCUT2D eigenvalue weighted by Gasteiger charge is 2.24. The van der Waals surface area contributed by atoms with Gasteiger partial charge in [0.1, 0.15) is 22.3 Å². The SMILES string of the molecule is Cc1cccc(C)c1N(c1ccccc1)c1ccc2cc3c(cc2c1)oc1c(C(C)C)c2oc4cc5cc(N(c6ccccc6)c6c(C)cccc6C)ccc5cc4c2cc13. The molecule has 2 heterocycles. The second kappa shape index (κ2) is 14.2. The molecule has 9 aromatic carbocycles. The fourth-order valence-electron chi connectivity index (χ4n) is 9.71. The number of rotatable bonds is 7. The van der Waals surface area contributed by atoms with Crippen molar-refractivity contribution in [3.8, 4) is 0 Å². The Balaban J connectivity index is 1.06. The summed E-state index contributed by atoms with van der Waals surface area (Å²) in [7, 11) is 0. The number of fused-ring (bicyclic) bond motifs is 8. The van der Waals surface area contributed by atoms with Crippen LogP contribution >= 0.6 is 0 Å². The minimum absolute atomic E-state index is 0.169. The van der Waals surface area contributed by atoms with E-state index < -0.39 is 0 Å². The summed E-state index contributed by atoms with van der Waals surface area (Å²) < 4.78 is 13.8. The quantitative estimate of drug-likeness (QED) is 0.161. The summed E-state index contributed by atoms with van der Waals surface area (Å²) in [6, 6.07) is 59.2. The second-order valence-electron chi connectivity index (χ2n) is 17.0. The van der Waals surface area contributed by atoms with Crippen LogP contribution in [0.1, 0.15) is 47.6 Å². The van der Waals surface area contributed by atoms with Gasteiger partial charge in [0.2, 0.25) is 0 Å². The van der Waals surface area contributed by atoms with Crippen LogP contribution in [0.25, 0.3) is 65.4 Å². The van der Waals surface area contributed by atoms with Crippen LogP contribution in [0.5, 0.6) is 0 Å². The molecule has 11 rings (SSSR count). The van der Waals surface area contributed by atoms with Crippen molar-refractivity contribution in [1.29, 1.82) is 0 Å². The molecule has 4 heteroatoms. The van der Waals surface area contributed by atoms with E-state index in [0.717, 1.165) is 83.0 Å². The predicted molar refractivity (Wildman–Crippen MR) is 258 cm³/mol. The Morgan fingerprint density at radius 1 is 0.361 bits per heavy atom. The van der Waals surface area contributed by atoms with Crippen LogP contribution in [-0.4, -0.2) is 0 Å². The molecule has 61 heavy (non-hydrogen) atoms. The fraction of sp³-hybridized carbons (Fsp3) is 0.123. The summed E-state index contributed by atoms with van der Waals surface area (Å²) in [6.45, 7) is 13.2. The van der Waals surface area contributed by atoms with Gasteiger partial charge in [0.05, 0.1) is 11.4 Å². The van der Waals surface area contributed by atoms with E-state index in [9.17, 15) is 0 Å². The lowest BCUT2D eigenvalue weighted by molar-refractivity contribution is 0.638. The first-order valence-corrected chi connectivity index (χ1v) is 21.3. The number of benzene rings is 9. The molecule has 0 radical (unpaired) electrons. The maximum atomic E-state index is 6.91. The molecule has 0 saturated carbocycles. The van der Waals surface area contributed by atoms with Crippen LogP contribution in [0.2, 0.25) is 0 Å². The van der Waals surface area contributed by atoms with Gasteiger partial charge in [-0.2, -0.15) is 0 Å². The highest BCUT2D eigenvalue weighted by molar-refractivity contribution is 6.20. The molecular formula is C57H46N2O2. The first-order chi connectivity index (χ1) is 29.7. The van der Waals surface area contributed by atoms with Gasteiger partial charge in [0.25, 0.3) is 0 Å². The van der Waals surface area contributed by atoms with E-state index in [0.29, 0.717) is 0 Å². The summed E-state index contributed by atoms with van der Waals surface area (Å²) in [4.78, 5) is 4.75. The van der Waals surface area contributed by atoms with Crippen LogP contribution in [0.15, 0.2) is 173 Å². The molecule has 0 atom stereocenters. The molecule has 4 nitrogen and oxygen atoms in total. The molecule has 11 aromatic rings. The summed E-state index contributed by atoms with van der Waals surface area (Å²) in [5.41, 5.74) is 16.4. The van der Waals surface area contributed by atoms with Gasteiger partial charge in [-0.05, 0) is 156 Å². The van der Waals surface area contributed by atoms with Gasteiger partial charge in [-0.3, -0.25) is 0 Å². The molecule has 296 valence electrons. The zero-order valence-corrected chi connectivity index (χ0v) is 35.4. The third-order valence-corrected chi connectivity index (χ3v) is 12.6. The van der Waals surface area contributed by atoms with Crippen molar-refractivity contribution >= 4 is 99.5 Å². The zero-order chi connectivity index (χ0) is 41.5. The monoisotopic (exact) mass is 790 g/mol. The van der Waals surface area contributed by atoms with Crippen molar-refractivity contribution in [2.45, 2.75) is 47.5 Å². The Morgan fingerprint density at radius 3 is 1.16 bits per heavy atom. The zero-order valence-electron chi connectivity index (χ0n) is 35.4. The standard InChI is InChI=1S/C57H46N2O2/c1-34(2)53-56-49(47-29-39-23-25-45(27-41(39)31-51(47)60-56)58(43-19-9-7-10-20-43)54-35(3)15-13-16-36(54)4)33-50-48-30-40-24-26-46(28-42(40)32-52(48)61-57(50)53)59(44-21-11-8-12-22-44)55-37(5)17-14-18-38(55)6/h7-34H,1-6H3. The van der Waals surface area contributed by atoms with E-state index >= 15 is 0 Å². The molecule has 0 aliphatic rings. The molecule has 0 unspecified atom stereocenters. The van der Waals surface area contributed by atoms with Gasteiger partial charge in [-0.1, -0.05) is 98.8 Å². The maximum Gasteiger partial charge on any atom is 0.142 e. The van der Waals surface area contributed by atoms with Gasteiger partial charge in [-0.15, -0.1) is 0 Å². The molecule has 0 spiro atoms. The van der Waals surface area contributed by atoms with E-state index in [1.165, 1.54) is 44.4 Å². The van der Waals surface area contributed by atoms with E-state index in [-0.39, 0.29) is 5.92 Å². The summed E-state index contributed by atoms with van der Waals surface area (Å²) in [5, 5.41) is 9.05. The third kappa shape index (κ3) is 5.96. The Hall–Kier alpha value is -7.30. The smallest absolute Gasteiger partial charge is 0.142 e. The van der Waals surface area contributed by atoms with Crippen molar-refractivity contribution in [1.82, 2.24) is 0 Å². The highest BCUT2D eigenvalue weighted by Crippen LogP contribution is 2.46. The molecule has 0 fully saturated rings. The largest absolute Gasteiger partial charge is 0.456 e. The molecule has 0 N–H and O–H groups in total. The van der Waals surface area contributed by atoms with Crippen molar-refractivity contribution in [3.63, 3.8) is 0 Å². The van der Waals surface area contributed by atoms with Crippen LogP contribution in [0.4, 0.5) is 34.1 Å². The Morgan fingerprint density at radius 2 is 0.770 bits per heavy atom. The summed E-state index contributed by atoms with van der Waals surface area (Å²) in [5.74, 6) is 0.169. The van der Waals surface area contributed by atoms with Crippen molar-refractivity contribution in [2.24, 2.45) is 0 Å². The third-order valence-electron chi connectivity index (χ3n) is 12.6. The van der Waals surface area contributed by atoms with Crippen molar-refractivity contribution < 1.29 is 8.83 Å². The van der Waals surface area contributed by atoms with E-state index in [1.54, 1.807) is 0 Å². The molecular weight excluding hydrogens is 745 g/mol. The fourth-order valence-corrected chi connectivity index (χ4v) is 9.71. The lowest BCUT2D eigenvalue weighted by Gasteiger charge is -2.29. The molecule has 0 aliphatic carbocycles. The topological polar surface area (TPSA) is 32.8 Å². The minimum Gasteiger partial charge on any atom is -0.456 e.